The number of nitrogens with one attached hydrogen (secondary N) is 1. The number of carboxylic acids is 1. The van der Waals surface area contributed by atoms with Crippen molar-refractivity contribution in [1.29, 1.82) is 0 Å². The van der Waals surface area contributed by atoms with Gasteiger partial charge in [-0.3, -0.25) is 4.79 Å². The van der Waals surface area contributed by atoms with Crippen molar-refractivity contribution in [1.82, 2.24) is 5.32 Å². The largest absolute Gasteiger partial charge is 0.480 e. The van der Waals surface area contributed by atoms with E-state index >= 15 is 0 Å². The molecule has 1 rings (SSSR count). The zero-order chi connectivity index (χ0) is 15.2. The Morgan fingerprint density at radius 1 is 1.35 bits per heavy atom. The fraction of sp³-hybridized carbons (Fsp3) is 0.867. The quantitative estimate of drug-likeness (QED) is 0.753. The molecule has 1 saturated carbocycles. The molecule has 3 unspecified atom stereocenters. The number of hydrogen-bond donors (Lipinski definition) is 2. The summed E-state index contributed by atoms with van der Waals surface area (Å²) in [7, 11) is 0. The van der Waals surface area contributed by atoms with Crippen molar-refractivity contribution in [3.05, 3.63) is 0 Å². The molecule has 0 aliphatic heterocycles. The molecule has 5 nitrogen and oxygen atoms in total. The first-order valence-corrected chi connectivity index (χ1v) is 7.55. The predicted octanol–water partition coefficient (Wildman–Crippen LogP) is 2.34. The van der Waals surface area contributed by atoms with Gasteiger partial charge in [0.05, 0.1) is 6.10 Å². The summed E-state index contributed by atoms with van der Waals surface area (Å²) in [5.74, 6) is -0.877. The lowest BCUT2D eigenvalue weighted by atomic mass is 9.88. The van der Waals surface area contributed by atoms with E-state index in [9.17, 15) is 14.7 Å². The first kappa shape index (κ1) is 17.0. The van der Waals surface area contributed by atoms with Gasteiger partial charge in [-0.2, -0.15) is 0 Å². The Morgan fingerprint density at radius 3 is 2.55 bits per heavy atom. The molecule has 2 N–H and O–H groups in total. The van der Waals surface area contributed by atoms with E-state index in [2.05, 4.69) is 12.2 Å². The van der Waals surface area contributed by atoms with E-state index in [0.29, 0.717) is 18.8 Å². The number of ether oxygens (including phenoxy) is 1. The lowest BCUT2D eigenvalue weighted by molar-refractivity contribution is -0.148. The normalized spacial score (nSPS) is 25.8. The minimum atomic E-state index is -1.20. The van der Waals surface area contributed by atoms with Crippen LogP contribution in [0.2, 0.25) is 0 Å². The Kier molecular flexibility index (Phi) is 6.46. The summed E-state index contributed by atoms with van der Waals surface area (Å²) in [5, 5.41) is 11.8. The van der Waals surface area contributed by atoms with Crippen molar-refractivity contribution in [3.63, 3.8) is 0 Å². The van der Waals surface area contributed by atoms with Gasteiger partial charge in [0.2, 0.25) is 5.91 Å². The highest BCUT2D eigenvalue weighted by atomic mass is 16.5. The lowest BCUT2D eigenvalue weighted by Gasteiger charge is -2.30. The van der Waals surface area contributed by atoms with Crippen molar-refractivity contribution in [3.8, 4) is 0 Å². The van der Waals surface area contributed by atoms with Crippen molar-refractivity contribution < 1.29 is 19.4 Å². The molecule has 0 bridgehead atoms. The molecule has 1 amide bonds. The molecule has 1 aliphatic rings. The van der Waals surface area contributed by atoms with Crippen LogP contribution in [0.3, 0.4) is 0 Å². The maximum atomic E-state index is 11.9. The molecule has 3 atom stereocenters. The SMILES string of the molecule is CCCC(C)(NC(=O)COC1CCCCC1C)C(=O)O. The fourth-order valence-corrected chi connectivity index (χ4v) is 2.78. The summed E-state index contributed by atoms with van der Waals surface area (Å²) in [6.45, 7) is 5.52. The maximum absolute atomic E-state index is 11.9. The second-order valence-corrected chi connectivity index (χ2v) is 6.05. The van der Waals surface area contributed by atoms with Crippen molar-refractivity contribution in [2.75, 3.05) is 6.61 Å². The van der Waals surface area contributed by atoms with Gasteiger partial charge in [0.25, 0.3) is 0 Å². The van der Waals surface area contributed by atoms with E-state index in [0.717, 1.165) is 19.3 Å². The Hall–Kier alpha value is -1.10. The maximum Gasteiger partial charge on any atom is 0.329 e. The Bertz CT molecular complexity index is 345. The van der Waals surface area contributed by atoms with Crippen molar-refractivity contribution in [2.24, 2.45) is 5.92 Å². The summed E-state index contributed by atoms with van der Waals surface area (Å²) >= 11 is 0. The predicted molar refractivity (Wildman–Crippen MR) is 76.5 cm³/mol. The molecule has 0 aromatic heterocycles. The van der Waals surface area contributed by atoms with Crippen LogP contribution in [0, 0.1) is 5.92 Å². The minimum absolute atomic E-state index is 0.0540. The van der Waals surface area contributed by atoms with Crippen LogP contribution in [0.4, 0.5) is 0 Å². The second kappa shape index (κ2) is 7.62. The summed E-state index contributed by atoms with van der Waals surface area (Å²) in [4.78, 5) is 23.1. The summed E-state index contributed by atoms with van der Waals surface area (Å²) in [6, 6.07) is 0. The summed E-state index contributed by atoms with van der Waals surface area (Å²) in [6.07, 6.45) is 5.71. The molecule has 0 radical (unpaired) electrons. The molecule has 116 valence electrons. The zero-order valence-electron chi connectivity index (χ0n) is 12.8. The fourth-order valence-electron chi connectivity index (χ4n) is 2.78. The van der Waals surface area contributed by atoms with Gasteiger partial charge in [0.15, 0.2) is 0 Å². The molecule has 0 saturated heterocycles. The minimum Gasteiger partial charge on any atom is -0.480 e. The number of hydrogen-bond acceptors (Lipinski definition) is 3. The third kappa shape index (κ3) is 4.78. The van der Waals surface area contributed by atoms with Crippen LogP contribution in [-0.2, 0) is 14.3 Å². The Labute approximate surface area is 121 Å². The number of carbonyl (C=O) groups excluding carboxylic acids is 1. The highest BCUT2D eigenvalue weighted by Gasteiger charge is 2.34. The van der Waals surface area contributed by atoms with Crippen LogP contribution in [0.5, 0.6) is 0 Å². The molecular formula is C15H27NO4. The number of rotatable bonds is 7. The van der Waals surface area contributed by atoms with E-state index in [1.807, 2.05) is 6.92 Å². The summed E-state index contributed by atoms with van der Waals surface area (Å²) < 4.78 is 5.66. The molecule has 0 spiro atoms. The molecule has 0 aromatic carbocycles. The number of aliphatic carboxylic acids is 1. The average Bonchev–Trinajstić information content (AvgIpc) is 2.38. The van der Waals surface area contributed by atoms with Gasteiger partial charge in [-0.1, -0.05) is 33.1 Å². The number of carboxylic acid groups (broad SMARTS) is 1. The average molecular weight is 285 g/mol. The van der Waals surface area contributed by atoms with Crippen molar-refractivity contribution in [2.45, 2.75) is 70.9 Å². The van der Waals surface area contributed by atoms with Crippen LogP contribution in [0.1, 0.15) is 59.3 Å². The van der Waals surface area contributed by atoms with E-state index in [1.54, 1.807) is 6.92 Å². The highest BCUT2D eigenvalue weighted by Crippen LogP contribution is 2.26. The lowest BCUT2D eigenvalue weighted by Crippen LogP contribution is -2.53. The third-order valence-corrected chi connectivity index (χ3v) is 4.10. The van der Waals surface area contributed by atoms with Crippen LogP contribution in [0.25, 0.3) is 0 Å². The Morgan fingerprint density at radius 2 is 2.00 bits per heavy atom. The molecule has 1 aliphatic carbocycles. The monoisotopic (exact) mass is 285 g/mol. The summed E-state index contributed by atoms with van der Waals surface area (Å²) in [5.41, 5.74) is -1.20. The standard InChI is InChI=1S/C15H27NO4/c1-4-9-15(3,14(18)19)16-13(17)10-20-12-8-6-5-7-11(12)2/h11-12H,4-10H2,1-3H3,(H,16,17)(H,18,19). The van der Waals surface area contributed by atoms with Gasteiger partial charge < -0.3 is 15.2 Å². The van der Waals surface area contributed by atoms with E-state index in [-0.39, 0.29) is 18.6 Å². The molecule has 20 heavy (non-hydrogen) atoms. The first-order chi connectivity index (χ1) is 9.39. The molecule has 5 heteroatoms. The van der Waals surface area contributed by atoms with E-state index < -0.39 is 11.5 Å². The van der Waals surface area contributed by atoms with Gasteiger partial charge >= 0.3 is 5.97 Å². The zero-order valence-corrected chi connectivity index (χ0v) is 12.8. The molecule has 0 aromatic rings. The van der Waals surface area contributed by atoms with Crippen LogP contribution >= 0.6 is 0 Å². The van der Waals surface area contributed by atoms with Gasteiger partial charge in [-0.25, -0.2) is 4.79 Å². The van der Waals surface area contributed by atoms with Crippen LogP contribution < -0.4 is 5.32 Å². The molecular weight excluding hydrogens is 258 g/mol. The second-order valence-electron chi connectivity index (χ2n) is 6.05. The number of amides is 1. The van der Waals surface area contributed by atoms with Gasteiger partial charge in [0.1, 0.15) is 12.1 Å². The molecule has 1 fully saturated rings. The van der Waals surface area contributed by atoms with Crippen LogP contribution in [0.15, 0.2) is 0 Å². The smallest absolute Gasteiger partial charge is 0.329 e. The Balaban J connectivity index is 2.43. The third-order valence-electron chi connectivity index (χ3n) is 4.10. The topological polar surface area (TPSA) is 75.6 Å². The van der Waals surface area contributed by atoms with E-state index in [4.69, 9.17) is 4.74 Å². The van der Waals surface area contributed by atoms with E-state index in [1.165, 1.54) is 6.42 Å². The first-order valence-electron chi connectivity index (χ1n) is 7.55. The van der Waals surface area contributed by atoms with Gasteiger partial charge in [0, 0.05) is 0 Å². The molecule has 0 heterocycles. The van der Waals surface area contributed by atoms with Crippen molar-refractivity contribution >= 4 is 11.9 Å². The number of carbonyl (C=O) groups is 2. The highest BCUT2D eigenvalue weighted by molar-refractivity contribution is 5.87. The van der Waals surface area contributed by atoms with Crippen LogP contribution in [-0.4, -0.2) is 35.2 Å². The van der Waals surface area contributed by atoms with Gasteiger partial charge in [-0.05, 0) is 32.1 Å². The van der Waals surface area contributed by atoms with Gasteiger partial charge in [-0.15, -0.1) is 0 Å².